The van der Waals surface area contributed by atoms with Gasteiger partial charge in [-0.1, -0.05) is 12.1 Å². The van der Waals surface area contributed by atoms with E-state index in [0.717, 1.165) is 39.4 Å². The summed E-state index contributed by atoms with van der Waals surface area (Å²) in [6.07, 6.45) is 0.205. The Morgan fingerprint density at radius 2 is 1.75 bits per heavy atom. The van der Waals surface area contributed by atoms with E-state index in [-0.39, 0.29) is 18.1 Å². The maximum absolute atomic E-state index is 13.0. The average Bonchev–Trinajstić information content (AvgIpc) is 2.68. The number of hydrogen-bond acceptors (Lipinski definition) is 3. The lowest BCUT2D eigenvalue weighted by Gasteiger charge is -2.15. The molecule has 28 heavy (non-hydrogen) atoms. The predicted octanol–water partition coefficient (Wildman–Crippen LogP) is 4.37. The number of pyridine rings is 1. The van der Waals surface area contributed by atoms with Crippen LogP contribution in [0.1, 0.15) is 22.4 Å². The molecule has 1 aromatic heterocycles. The second-order valence-electron chi connectivity index (χ2n) is 6.72. The number of carbonyl (C=O) groups is 1. The first-order valence-corrected chi connectivity index (χ1v) is 9.09. The third kappa shape index (κ3) is 4.74. The molecule has 4 nitrogen and oxygen atoms in total. The van der Waals surface area contributed by atoms with Crippen molar-refractivity contribution < 1.29 is 13.9 Å². The largest absolute Gasteiger partial charge is 0.497 e. The molecule has 0 atom stereocenters. The molecule has 0 aliphatic carbocycles. The lowest BCUT2D eigenvalue weighted by Crippen LogP contribution is -2.25. The highest BCUT2D eigenvalue weighted by molar-refractivity contribution is 5.79. The van der Waals surface area contributed by atoms with Crippen molar-refractivity contribution in [2.45, 2.75) is 26.8 Å². The van der Waals surface area contributed by atoms with Crippen LogP contribution in [0, 0.1) is 19.7 Å². The molecule has 1 N–H and O–H groups in total. The summed E-state index contributed by atoms with van der Waals surface area (Å²) in [5.41, 5.74) is 5.55. The highest BCUT2D eigenvalue weighted by atomic mass is 19.1. The second-order valence-corrected chi connectivity index (χ2v) is 6.72. The van der Waals surface area contributed by atoms with Crippen molar-refractivity contribution in [3.05, 3.63) is 82.8 Å². The van der Waals surface area contributed by atoms with Crippen LogP contribution in [0.2, 0.25) is 0 Å². The summed E-state index contributed by atoms with van der Waals surface area (Å²) in [6, 6.07) is 15.7. The van der Waals surface area contributed by atoms with Crippen LogP contribution >= 0.6 is 0 Å². The van der Waals surface area contributed by atoms with Gasteiger partial charge < -0.3 is 10.1 Å². The molecule has 144 valence electrons. The monoisotopic (exact) mass is 378 g/mol. The Balaban J connectivity index is 1.78. The van der Waals surface area contributed by atoms with Crippen LogP contribution in [0.25, 0.3) is 11.3 Å². The molecular weight excluding hydrogens is 355 g/mol. The zero-order valence-corrected chi connectivity index (χ0v) is 16.3. The van der Waals surface area contributed by atoms with E-state index in [0.29, 0.717) is 6.54 Å². The van der Waals surface area contributed by atoms with Gasteiger partial charge in [-0.3, -0.25) is 9.78 Å². The minimum atomic E-state index is -0.311. The van der Waals surface area contributed by atoms with E-state index in [1.165, 1.54) is 12.1 Å². The van der Waals surface area contributed by atoms with Gasteiger partial charge in [0.05, 0.1) is 19.2 Å². The number of nitrogens with one attached hydrogen (secondary N) is 1. The maximum atomic E-state index is 13.0. The molecule has 0 radical (unpaired) electrons. The summed E-state index contributed by atoms with van der Waals surface area (Å²) < 4.78 is 18.2. The lowest BCUT2D eigenvalue weighted by molar-refractivity contribution is -0.120. The van der Waals surface area contributed by atoms with E-state index in [2.05, 4.69) is 5.32 Å². The van der Waals surface area contributed by atoms with Crippen molar-refractivity contribution in [1.29, 1.82) is 0 Å². The fraction of sp³-hybridized carbons (Fsp3) is 0.217. The molecular formula is C23H23FN2O2. The van der Waals surface area contributed by atoms with Crippen LogP contribution in [-0.2, 0) is 17.8 Å². The quantitative estimate of drug-likeness (QED) is 0.693. The number of amides is 1. The van der Waals surface area contributed by atoms with Crippen LogP contribution in [-0.4, -0.2) is 18.0 Å². The summed E-state index contributed by atoms with van der Waals surface area (Å²) in [7, 11) is 1.63. The Kier molecular flexibility index (Phi) is 6.04. The smallest absolute Gasteiger partial charge is 0.224 e. The molecule has 1 amide bonds. The number of aromatic nitrogens is 1. The Morgan fingerprint density at radius 3 is 2.39 bits per heavy atom. The zero-order chi connectivity index (χ0) is 20.1. The van der Waals surface area contributed by atoms with Gasteiger partial charge in [-0.05, 0) is 67.4 Å². The van der Waals surface area contributed by atoms with Crippen LogP contribution in [0.15, 0.2) is 54.6 Å². The van der Waals surface area contributed by atoms with Crippen LogP contribution in [0.3, 0.4) is 0 Å². The number of rotatable bonds is 6. The molecule has 2 aromatic carbocycles. The average molecular weight is 378 g/mol. The van der Waals surface area contributed by atoms with Crippen LogP contribution in [0.4, 0.5) is 4.39 Å². The number of aryl methyl sites for hydroxylation is 2. The topological polar surface area (TPSA) is 51.2 Å². The summed E-state index contributed by atoms with van der Waals surface area (Å²) >= 11 is 0. The molecule has 3 aromatic rings. The van der Waals surface area contributed by atoms with Gasteiger partial charge in [-0.2, -0.15) is 0 Å². The minimum Gasteiger partial charge on any atom is -0.497 e. The van der Waals surface area contributed by atoms with Gasteiger partial charge in [0.1, 0.15) is 11.6 Å². The Bertz CT molecular complexity index is 967. The van der Waals surface area contributed by atoms with E-state index in [9.17, 15) is 9.18 Å². The van der Waals surface area contributed by atoms with E-state index < -0.39 is 0 Å². The molecule has 5 heteroatoms. The van der Waals surface area contributed by atoms with Crippen molar-refractivity contribution >= 4 is 5.91 Å². The Hall–Kier alpha value is -3.21. The minimum absolute atomic E-state index is 0.118. The van der Waals surface area contributed by atoms with Gasteiger partial charge in [-0.15, -0.1) is 0 Å². The molecule has 0 fully saturated rings. The first-order chi connectivity index (χ1) is 13.5. The van der Waals surface area contributed by atoms with Gasteiger partial charge in [-0.25, -0.2) is 4.39 Å². The Morgan fingerprint density at radius 1 is 1.07 bits per heavy atom. The standard InChI is InChI=1S/C23H23FN2O2/c1-15-12-16(2)26-23(18-6-10-20(28-3)11-7-18)21(15)14-25-22(27)13-17-4-8-19(24)9-5-17/h4-12H,13-14H2,1-3H3,(H,25,27). The van der Waals surface area contributed by atoms with Gasteiger partial charge in [0, 0.05) is 23.4 Å². The van der Waals surface area contributed by atoms with E-state index in [1.807, 2.05) is 44.2 Å². The molecule has 0 spiro atoms. The molecule has 0 aliphatic rings. The van der Waals surface area contributed by atoms with Crippen molar-refractivity contribution in [3.8, 4) is 17.0 Å². The normalized spacial score (nSPS) is 10.6. The number of hydrogen-bond donors (Lipinski definition) is 1. The summed E-state index contributed by atoms with van der Waals surface area (Å²) in [6.45, 7) is 4.35. The van der Waals surface area contributed by atoms with Crippen molar-refractivity contribution in [2.24, 2.45) is 0 Å². The van der Waals surface area contributed by atoms with Gasteiger partial charge in [0.15, 0.2) is 0 Å². The highest BCUT2D eigenvalue weighted by Crippen LogP contribution is 2.27. The van der Waals surface area contributed by atoms with Crippen LogP contribution < -0.4 is 10.1 Å². The van der Waals surface area contributed by atoms with Crippen molar-refractivity contribution in [3.63, 3.8) is 0 Å². The Labute approximate surface area is 164 Å². The van der Waals surface area contributed by atoms with E-state index >= 15 is 0 Å². The molecule has 0 bridgehead atoms. The molecule has 0 saturated heterocycles. The number of nitrogens with zero attached hydrogens (tertiary/aromatic N) is 1. The number of halogens is 1. The first-order valence-electron chi connectivity index (χ1n) is 9.09. The van der Waals surface area contributed by atoms with Crippen molar-refractivity contribution in [2.75, 3.05) is 7.11 Å². The lowest BCUT2D eigenvalue weighted by atomic mass is 10.0. The zero-order valence-electron chi connectivity index (χ0n) is 16.3. The van der Waals surface area contributed by atoms with E-state index in [1.54, 1.807) is 19.2 Å². The van der Waals surface area contributed by atoms with Crippen LogP contribution in [0.5, 0.6) is 5.75 Å². The SMILES string of the molecule is COc1ccc(-c2nc(C)cc(C)c2CNC(=O)Cc2ccc(F)cc2)cc1. The van der Waals surface area contributed by atoms with Gasteiger partial charge >= 0.3 is 0 Å². The third-order valence-corrected chi connectivity index (χ3v) is 4.58. The molecule has 0 saturated carbocycles. The maximum Gasteiger partial charge on any atom is 0.224 e. The first kappa shape index (κ1) is 19.5. The summed E-state index contributed by atoms with van der Waals surface area (Å²) in [4.78, 5) is 17.0. The fourth-order valence-corrected chi connectivity index (χ4v) is 3.11. The second kappa shape index (κ2) is 8.65. The van der Waals surface area contributed by atoms with Crippen molar-refractivity contribution in [1.82, 2.24) is 10.3 Å². The number of carbonyl (C=O) groups excluding carboxylic acids is 1. The number of ether oxygens (including phenoxy) is 1. The predicted molar refractivity (Wildman–Crippen MR) is 108 cm³/mol. The summed E-state index contributed by atoms with van der Waals surface area (Å²) in [5.74, 6) is 0.351. The number of methoxy groups -OCH3 is 1. The molecule has 1 heterocycles. The fourth-order valence-electron chi connectivity index (χ4n) is 3.11. The third-order valence-electron chi connectivity index (χ3n) is 4.58. The molecule has 0 aliphatic heterocycles. The van der Waals surface area contributed by atoms with Gasteiger partial charge in [0.25, 0.3) is 0 Å². The molecule has 0 unspecified atom stereocenters. The highest BCUT2D eigenvalue weighted by Gasteiger charge is 2.13. The summed E-state index contributed by atoms with van der Waals surface area (Å²) in [5, 5.41) is 2.96. The van der Waals surface area contributed by atoms with E-state index in [4.69, 9.17) is 9.72 Å². The number of benzene rings is 2. The molecule has 3 rings (SSSR count). The van der Waals surface area contributed by atoms with Gasteiger partial charge in [0.2, 0.25) is 5.91 Å².